The van der Waals surface area contributed by atoms with Crippen molar-refractivity contribution in [3.05, 3.63) is 46.5 Å². The highest BCUT2D eigenvalue weighted by molar-refractivity contribution is 5.94. The molecule has 7 nitrogen and oxygen atoms in total. The lowest BCUT2D eigenvalue weighted by Gasteiger charge is -2.15. The van der Waals surface area contributed by atoms with Crippen molar-refractivity contribution in [3.8, 4) is 0 Å². The number of likely N-dealkylation sites (tertiary alicyclic amines) is 1. The third kappa shape index (κ3) is 2.14. The molecule has 7 heteroatoms. The van der Waals surface area contributed by atoms with Gasteiger partial charge in [-0.1, -0.05) is 5.16 Å². The second-order valence-electron chi connectivity index (χ2n) is 4.44. The van der Waals surface area contributed by atoms with Gasteiger partial charge in [-0.25, -0.2) is 0 Å². The molecule has 0 radical (unpaired) electrons. The first kappa shape index (κ1) is 11.6. The summed E-state index contributed by atoms with van der Waals surface area (Å²) in [5, 5.41) is 3.79. The van der Waals surface area contributed by atoms with Crippen molar-refractivity contribution in [2.75, 3.05) is 13.1 Å². The van der Waals surface area contributed by atoms with Crippen molar-refractivity contribution in [2.45, 2.75) is 12.3 Å². The van der Waals surface area contributed by atoms with Crippen LogP contribution in [-0.4, -0.2) is 39.0 Å². The number of nitrogens with zero attached hydrogens (tertiary/aromatic N) is 3. The fourth-order valence-corrected chi connectivity index (χ4v) is 2.27. The van der Waals surface area contributed by atoms with Crippen LogP contribution in [0.1, 0.15) is 28.5 Å². The van der Waals surface area contributed by atoms with Crippen LogP contribution in [-0.2, 0) is 0 Å². The quantitative estimate of drug-likeness (QED) is 0.843. The number of hydrogen-bond donors (Lipinski definition) is 1. The van der Waals surface area contributed by atoms with Crippen LogP contribution in [0.25, 0.3) is 0 Å². The first-order chi connectivity index (χ1) is 9.25. The number of carbonyl (C=O) groups is 1. The number of pyridine rings is 1. The number of carbonyl (C=O) groups excluding carboxylic acids is 1. The van der Waals surface area contributed by atoms with Crippen molar-refractivity contribution >= 4 is 5.91 Å². The molecule has 1 N–H and O–H groups in total. The molecule has 1 aliphatic rings. The summed E-state index contributed by atoms with van der Waals surface area (Å²) in [6.07, 6.45) is 3.56. The lowest BCUT2D eigenvalue weighted by molar-refractivity contribution is 0.0788. The summed E-state index contributed by atoms with van der Waals surface area (Å²) in [7, 11) is 0. The average Bonchev–Trinajstić information content (AvgIpc) is 3.09. The number of rotatable bonds is 2. The van der Waals surface area contributed by atoms with Gasteiger partial charge in [-0.15, -0.1) is 0 Å². The molecule has 0 bridgehead atoms. The van der Waals surface area contributed by atoms with Crippen LogP contribution in [0.4, 0.5) is 0 Å². The van der Waals surface area contributed by atoms with Crippen molar-refractivity contribution < 1.29 is 9.32 Å². The Labute approximate surface area is 108 Å². The number of nitrogens with one attached hydrogen (secondary N) is 1. The number of aromatic amines is 1. The van der Waals surface area contributed by atoms with E-state index in [2.05, 4.69) is 15.1 Å². The molecule has 1 aliphatic heterocycles. The summed E-state index contributed by atoms with van der Waals surface area (Å²) in [5.41, 5.74) is -0.202. The Morgan fingerprint density at radius 3 is 3.16 bits per heavy atom. The summed E-state index contributed by atoms with van der Waals surface area (Å²) in [6.45, 7) is 1.10. The Bertz CT molecular complexity index is 634. The molecule has 3 heterocycles. The molecule has 98 valence electrons. The largest absolute Gasteiger partial charge is 0.343 e. The molecule has 3 rings (SSSR count). The van der Waals surface area contributed by atoms with Gasteiger partial charge in [0.1, 0.15) is 5.56 Å². The predicted octanol–water partition coefficient (Wildman–Crippen LogP) is 0.388. The fraction of sp³-hybridized carbons (Fsp3) is 0.333. The van der Waals surface area contributed by atoms with Gasteiger partial charge < -0.3 is 14.4 Å². The zero-order chi connectivity index (χ0) is 13.2. The van der Waals surface area contributed by atoms with Crippen molar-refractivity contribution in [3.63, 3.8) is 0 Å². The van der Waals surface area contributed by atoms with Gasteiger partial charge in [0.15, 0.2) is 5.82 Å². The topological polar surface area (TPSA) is 92.1 Å². The van der Waals surface area contributed by atoms with Gasteiger partial charge in [0, 0.05) is 25.2 Å². The molecule has 0 aromatic carbocycles. The minimum Gasteiger partial charge on any atom is -0.343 e. The van der Waals surface area contributed by atoms with Crippen LogP contribution in [0.2, 0.25) is 0 Å². The third-order valence-corrected chi connectivity index (χ3v) is 3.27. The van der Waals surface area contributed by atoms with Gasteiger partial charge in [0.2, 0.25) is 6.39 Å². The highest BCUT2D eigenvalue weighted by Gasteiger charge is 2.31. The second-order valence-corrected chi connectivity index (χ2v) is 4.44. The normalized spacial score (nSPS) is 18.7. The first-order valence-corrected chi connectivity index (χ1v) is 5.99. The summed E-state index contributed by atoms with van der Waals surface area (Å²) in [5.74, 6) is 0.426. The van der Waals surface area contributed by atoms with E-state index in [9.17, 15) is 9.59 Å². The van der Waals surface area contributed by atoms with Crippen molar-refractivity contribution in [2.24, 2.45) is 0 Å². The minimum absolute atomic E-state index is 0.0745. The molecule has 0 spiro atoms. The van der Waals surface area contributed by atoms with Gasteiger partial charge in [0.05, 0.1) is 0 Å². The van der Waals surface area contributed by atoms with Gasteiger partial charge in [-0.2, -0.15) is 4.98 Å². The average molecular weight is 260 g/mol. The van der Waals surface area contributed by atoms with Crippen molar-refractivity contribution in [1.29, 1.82) is 0 Å². The van der Waals surface area contributed by atoms with E-state index < -0.39 is 0 Å². The third-order valence-electron chi connectivity index (χ3n) is 3.27. The predicted molar refractivity (Wildman–Crippen MR) is 64.6 cm³/mol. The summed E-state index contributed by atoms with van der Waals surface area (Å²) in [4.78, 5) is 32.0. The monoisotopic (exact) mass is 260 g/mol. The lowest BCUT2D eigenvalue weighted by atomic mass is 10.1. The first-order valence-electron chi connectivity index (χ1n) is 5.99. The molecule has 1 fully saturated rings. The standard InChI is InChI=1S/C12H12N4O3/c17-11-9(2-1-4-13-11)12(18)16-5-3-8(6-16)10-14-7-19-15-10/h1-2,4,7-8H,3,5-6H2,(H,13,17). The van der Waals surface area contributed by atoms with E-state index in [1.54, 1.807) is 11.0 Å². The second kappa shape index (κ2) is 4.68. The molecule has 0 aliphatic carbocycles. The van der Waals surface area contributed by atoms with E-state index in [0.717, 1.165) is 6.42 Å². The summed E-state index contributed by atoms with van der Waals surface area (Å²) >= 11 is 0. The Morgan fingerprint density at radius 1 is 1.53 bits per heavy atom. The van der Waals surface area contributed by atoms with E-state index in [-0.39, 0.29) is 22.9 Å². The van der Waals surface area contributed by atoms with Crippen LogP contribution < -0.4 is 5.56 Å². The molecule has 1 atom stereocenters. The smallest absolute Gasteiger partial charge is 0.260 e. The number of hydrogen-bond acceptors (Lipinski definition) is 5. The van der Waals surface area contributed by atoms with Gasteiger partial charge in [-0.3, -0.25) is 9.59 Å². The molecule has 1 amide bonds. The lowest BCUT2D eigenvalue weighted by Crippen LogP contribution is -2.32. The van der Waals surface area contributed by atoms with E-state index in [1.807, 2.05) is 0 Å². The van der Waals surface area contributed by atoms with Crippen LogP contribution in [0, 0.1) is 0 Å². The zero-order valence-corrected chi connectivity index (χ0v) is 10.1. The van der Waals surface area contributed by atoms with E-state index >= 15 is 0 Å². The van der Waals surface area contributed by atoms with Gasteiger partial charge >= 0.3 is 0 Å². The molecular formula is C12H12N4O3. The maximum absolute atomic E-state index is 12.2. The highest BCUT2D eigenvalue weighted by Crippen LogP contribution is 2.25. The highest BCUT2D eigenvalue weighted by atomic mass is 16.5. The summed E-state index contributed by atoms with van der Waals surface area (Å²) in [6, 6.07) is 3.17. The minimum atomic E-state index is -0.365. The maximum atomic E-state index is 12.2. The SMILES string of the molecule is O=C(c1ccc[nH]c1=O)N1CCC(c2ncon2)C1. The molecule has 19 heavy (non-hydrogen) atoms. The molecule has 1 saturated heterocycles. The Hall–Kier alpha value is -2.44. The number of aromatic nitrogens is 3. The Kier molecular flexibility index (Phi) is 2.86. The van der Waals surface area contributed by atoms with Gasteiger partial charge in [-0.05, 0) is 18.6 Å². The molecule has 1 unspecified atom stereocenters. The van der Waals surface area contributed by atoms with E-state index in [0.29, 0.717) is 18.9 Å². The molecule has 2 aromatic heterocycles. The van der Waals surface area contributed by atoms with Crippen LogP contribution in [0.15, 0.2) is 34.0 Å². The Morgan fingerprint density at radius 2 is 2.42 bits per heavy atom. The molecular weight excluding hydrogens is 248 g/mol. The van der Waals surface area contributed by atoms with Crippen molar-refractivity contribution in [1.82, 2.24) is 20.0 Å². The van der Waals surface area contributed by atoms with Crippen LogP contribution in [0.5, 0.6) is 0 Å². The van der Waals surface area contributed by atoms with Crippen LogP contribution >= 0.6 is 0 Å². The van der Waals surface area contributed by atoms with E-state index in [1.165, 1.54) is 18.7 Å². The zero-order valence-electron chi connectivity index (χ0n) is 10.1. The maximum Gasteiger partial charge on any atom is 0.260 e. The Balaban J connectivity index is 1.77. The molecule has 0 saturated carbocycles. The summed E-state index contributed by atoms with van der Waals surface area (Å²) < 4.78 is 4.71. The van der Waals surface area contributed by atoms with E-state index in [4.69, 9.17) is 4.52 Å². The fourth-order valence-electron chi connectivity index (χ4n) is 2.27. The van der Waals surface area contributed by atoms with Gasteiger partial charge in [0.25, 0.3) is 11.5 Å². The number of amides is 1. The van der Waals surface area contributed by atoms with Crippen LogP contribution in [0.3, 0.4) is 0 Å². The number of H-pyrrole nitrogens is 1. The molecule has 2 aromatic rings.